The van der Waals surface area contributed by atoms with Crippen LogP contribution in [0.5, 0.6) is 11.5 Å². The van der Waals surface area contributed by atoms with Crippen LogP contribution in [0.15, 0.2) is 48.5 Å². The number of carbonyl (C=O) groups excluding carboxylic acids is 2. The lowest BCUT2D eigenvalue weighted by Crippen LogP contribution is -2.37. The molecule has 138 valence electrons. The van der Waals surface area contributed by atoms with Crippen LogP contribution in [0.4, 0.5) is 11.4 Å². The van der Waals surface area contributed by atoms with Gasteiger partial charge in [0.2, 0.25) is 0 Å². The fraction of sp³-hybridized carbons (Fsp3) is 0.263. The molecule has 7 heteroatoms. The van der Waals surface area contributed by atoms with Crippen molar-refractivity contribution in [3.05, 3.63) is 48.5 Å². The van der Waals surface area contributed by atoms with Crippen LogP contribution in [-0.2, 0) is 9.59 Å². The molecule has 0 aliphatic heterocycles. The minimum atomic E-state index is -0.717. The zero-order valence-electron chi connectivity index (χ0n) is 15.1. The van der Waals surface area contributed by atoms with E-state index in [1.807, 2.05) is 31.1 Å². The highest BCUT2D eigenvalue weighted by Gasteiger charge is 2.13. The number of hydrogen-bond acceptors (Lipinski definition) is 5. The number of nitrogens with zero attached hydrogens (tertiary/aromatic N) is 1. The third-order valence-corrected chi connectivity index (χ3v) is 3.54. The summed E-state index contributed by atoms with van der Waals surface area (Å²) >= 11 is 0. The topological polar surface area (TPSA) is 79.9 Å². The van der Waals surface area contributed by atoms with Crippen molar-refractivity contribution in [2.75, 3.05) is 44.6 Å². The maximum atomic E-state index is 11.9. The summed E-state index contributed by atoms with van der Waals surface area (Å²) in [6, 6.07) is 14.3. The van der Waals surface area contributed by atoms with E-state index in [0.717, 1.165) is 11.4 Å². The van der Waals surface area contributed by atoms with E-state index in [2.05, 4.69) is 10.6 Å². The van der Waals surface area contributed by atoms with Crippen molar-refractivity contribution in [3.8, 4) is 11.5 Å². The Hall–Kier alpha value is -3.22. The molecule has 0 radical (unpaired) electrons. The normalized spacial score (nSPS) is 9.96. The molecule has 0 saturated carbocycles. The monoisotopic (exact) mass is 357 g/mol. The third-order valence-electron chi connectivity index (χ3n) is 3.54. The number of nitrogens with one attached hydrogen (secondary N) is 2. The standard InChI is InChI=1S/C19H23N3O4/c1-22(2)15-6-4-5-14(13-15)21-19(24)18(23)20-11-12-26-17-9-7-16(25-3)8-10-17/h4-10,13H,11-12H2,1-3H3,(H,20,23)(H,21,24). The molecule has 0 bridgehead atoms. The second-order valence-electron chi connectivity index (χ2n) is 5.68. The minimum Gasteiger partial charge on any atom is -0.497 e. The van der Waals surface area contributed by atoms with E-state index in [9.17, 15) is 9.59 Å². The molecule has 2 N–H and O–H groups in total. The van der Waals surface area contributed by atoms with Gasteiger partial charge in [0.25, 0.3) is 0 Å². The van der Waals surface area contributed by atoms with Gasteiger partial charge >= 0.3 is 11.8 Å². The number of carbonyl (C=O) groups is 2. The Morgan fingerprint density at radius 1 is 1.00 bits per heavy atom. The molecule has 7 nitrogen and oxygen atoms in total. The number of benzene rings is 2. The van der Waals surface area contributed by atoms with Gasteiger partial charge in [-0.15, -0.1) is 0 Å². The second-order valence-corrected chi connectivity index (χ2v) is 5.68. The number of ether oxygens (including phenoxy) is 2. The van der Waals surface area contributed by atoms with Gasteiger partial charge in [0.15, 0.2) is 0 Å². The molecule has 26 heavy (non-hydrogen) atoms. The Morgan fingerprint density at radius 2 is 1.69 bits per heavy atom. The van der Waals surface area contributed by atoms with Gasteiger partial charge in [-0.1, -0.05) is 6.07 Å². The molecular formula is C19H23N3O4. The van der Waals surface area contributed by atoms with Gasteiger partial charge in [0.05, 0.1) is 13.7 Å². The summed E-state index contributed by atoms with van der Waals surface area (Å²) in [6.07, 6.45) is 0. The van der Waals surface area contributed by atoms with Gasteiger partial charge in [-0.2, -0.15) is 0 Å². The van der Waals surface area contributed by atoms with Crippen molar-refractivity contribution in [2.45, 2.75) is 0 Å². The van der Waals surface area contributed by atoms with Crippen LogP contribution in [-0.4, -0.2) is 46.2 Å². The van der Waals surface area contributed by atoms with E-state index in [-0.39, 0.29) is 13.2 Å². The molecule has 0 unspecified atom stereocenters. The smallest absolute Gasteiger partial charge is 0.313 e. The SMILES string of the molecule is COc1ccc(OCCNC(=O)C(=O)Nc2cccc(N(C)C)c2)cc1. The van der Waals surface area contributed by atoms with Crippen LogP contribution in [0.2, 0.25) is 0 Å². The van der Waals surface area contributed by atoms with Crippen LogP contribution in [0.1, 0.15) is 0 Å². The lowest BCUT2D eigenvalue weighted by Gasteiger charge is -2.14. The van der Waals surface area contributed by atoms with Crippen LogP contribution in [0.3, 0.4) is 0 Å². The van der Waals surface area contributed by atoms with Crippen molar-refractivity contribution in [2.24, 2.45) is 0 Å². The number of rotatable bonds is 7. The van der Waals surface area contributed by atoms with Crippen LogP contribution >= 0.6 is 0 Å². The highest BCUT2D eigenvalue weighted by atomic mass is 16.5. The first kappa shape index (κ1) is 19.1. The van der Waals surface area contributed by atoms with E-state index in [1.165, 1.54) is 0 Å². The van der Waals surface area contributed by atoms with E-state index in [4.69, 9.17) is 9.47 Å². The van der Waals surface area contributed by atoms with E-state index in [0.29, 0.717) is 11.4 Å². The summed E-state index contributed by atoms with van der Waals surface area (Å²) < 4.78 is 10.6. The van der Waals surface area contributed by atoms with Crippen LogP contribution in [0, 0.1) is 0 Å². The zero-order valence-corrected chi connectivity index (χ0v) is 15.1. The summed E-state index contributed by atoms with van der Waals surface area (Å²) in [4.78, 5) is 25.7. The molecule has 0 saturated heterocycles. The van der Waals surface area contributed by atoms with Gasteiger partial charge in [-0.25, -0.2) is 0 Å². The molecule has 2 amide bonds. The Bertz CT molecular complexity index is 745. The number of amides is 2. The fourth-order valence-electron chi connectivity index (χ4n) is 2.14. The lowest BCUT2D eigenvalue weighted by molar-refractivity contribution is -0.136. The van der Waals surface area contributed by atoms with E-state index < -0.39 is 11.8 Å². The van der Waals surface area contributed by atoms with E-state index >= 15 is 0 Å². The molecule has 2 aromatic carbocycles. The average Bonchev–Trinajstić information content (AvgIpc) is 2.65. The lowest BCUT2D eigenvalue weighted by atomic mass is 10.2. The Kier molecular flexibility index (Phi) is 6.84. The first-order chi connectivity index (χ1) is 12.5. The zero-order chi connectivity index (χ0) is 18.9. The van der Waals surface area contributed by atoms with Crippen molar-refractivity contribution >= 4 is 23.2 Å². The Balaban J connectivity index is 1.74. The van der Waals surface area contributed by atoms with Gasteiger partial charge in [0.1, 0.15) is 18.1 Å². The largest absolute Gasteiger partial charge is 0.497 e. The number of hydrogen-bond donors (Lipinski definition) is 2. The van der Waals surface area contributed by atoms with Crippen molar-refractivity contribution in [3.63, 3.8) is 0 Å². The average molecular weight is 357 g/mol. The number of methoxy groups -OCH3 is 1. The Morgan fingerprint density at radius 3 is 2.35 bits per heavy atom. The fourth-order valence-corrected chi connectivity index (χ4v) is 2.14. The molecule has 2 aromatic rings. The first-order valence-electron chi connectivity index (χ1n) is 8.13. The third kappa shape index (κ3) is 5.70. The van der Waals surface area contributed by atoms with Crippen LogP contribution < -0.4 is 25.0 Å². The molecule has 0 aliphatic carbocycles. The summed E-state index contributed by atoms with van der Waals surface area (Å²) in [5, 5.41) is 5.10. The molecular weight excluding hydrogens is 334 g/mol. The van der Waals surface area contributed by atoms with Gasteiger partial charge in [-0.05, 0) is 42.5 Å². The van der Waals surface area contributed by atoms with Gasteiger partial charge in [-0.3, -0.25) is 9.59 Å². The van der Waals surface area contributed by atoms with E-state index in [1.54, 1.807) is 43.5 Å². The number of anilines is 2. The Labute approximate surface area is 152 Å². The van der Waals surface area contributed by atoms with Crippen molar-refractivity contribution < 1.29 is 19.1 Å². The quantitative estimate of drug-likeness (QED) is 0.584. The molecule has 0 aliphatic rings. The van der Waals surface area contributed by atoms with Gasteiger partial charge < -0.3 is 25.0 Å². The molecule has 0 aromatic heterocycles. The predicted octanol–water partition coefficient (Wildman–Crippen LogP) is 1.89. The molecule has 0 spiro atoms. The highest BCUT2D eigenvalue weighted by Crippen LogP contribution is 2.17. The van der Waals surface area contributed by atoms with Crippen LogP contribution in [0.25, 0.3) is 0 Å². The summed E-state index contributed by atoms with van der Waals surface area (Å²) in [7, 11) is 5.39. The van der Waals surface area contributed by atoms with Crippen molar-refractivity contribution in [1.29, 1.82) is 0 Å². The highest BCUT2D eigenvalue weighted by molar-refractivity contribution is 6.39. The molecule has 0 atom stereocenters. The first-order valence-corrected chi connectivity index (χ1v) is 8.13. The maximum absolute atomic E-state index is 11.9. The van der Waals surface area contributed by atoms with Gasteiger partial charge in [0, 0.05) is 25.5 Å². The molecule has 2 rings (SSSR count). The molecule has 0 heterocycles. The van der Waals surface area contributed by atoms with Crippen molar-refractivity contribution in [1.82, 2.24) is 5.32 Å². The summed E-state index contributed by atoms with van der Waals surface area (Å²) in [5.74, 6) is -0.0328. The maximum Gasteiger partial charge on any atom is 0.313 e. The summed E-state index contributed by atoms with van der Waals surface area (Å²) in [5.41, 5.74) is 1.49. The molecule has 0 fully saturated rings. The predicted molar refractivity (Wildman–Crippen MR) is 101 cm³/mol. The summed E-state index contributed by atoms with van der Waals surface area (Å²) in [6.45, 7) is 0.470. The minimum absolute atomic E-state index is 0.218. The second kappa shape index (κ2) is 9.31.